The van der Waals surface area contributed by atoms with Gasteiger partial charge in [-0.3, -0.25) is 13.9 Å². The summed E-state index contributed by atoms with van der Waals surface area (Å²) in [6, 6.07) is 16.5. The molecule has 10 nitrogen and oxygen atoms in total. The van der Waals surface area contributed by atoms with Crippen LogP contribution in [-0.4, -0.2) is 68.5 Å². The van der Waals surface area contributed by atoms with Crippen LogP contribution in [0.5, 0.6) is 11.5 Å². The van der Waals surface area contributed by atoms with E-state index >= 15 is 0 Å². The Balaban J connectivity index is 1.47. The van der Waals surface area contributed by atoms with Crippen molar-refractivity contribution in [3.63, 3.8) is 0 Å². The largest absolute Gasteiger partial charge is 0.457 e. The van der Waals surface area contributed by atoms with E-state index in [0.29, 0.717) is 42.2 Å². The predicted molar refractivity (Wildman–Crippen MR) is 147 cm³/mol. The first-order chi connectivity index (χ1) is 18.4. The molecule has 2 aromatic heterocycles. The molecule has 1 atom stereocenters. The smallest absolute Gasteiger partial charge is 0.335 e. The van der Waals surface area contributed by atoms with Crippen molar-refractivity contribution in [2.75, 3.05) is 39.5 Å². The summed E-state index contributed by atoms with van der Waals surface area (Å²) in [6.45, 7) is 1.74. The molecule has 2 aromatic carbocycles. The summed E-state index contributed by atoms with van der Waals surface area (Å²) < 4.78 is 9.09. The number of likely N-dealkylation sites (N-methyl/N-ethyl adjacent to an activating group) is 1. The predicted octanol–water partition coefficient (Wildman–Crippen LogP) is 3.24. The van der Waals surface area contributed by atoms with E-state index in [4.69, 9.17) is 10.5 Å². The maximum atomic E-state index is 13.9. The third kappa shape index (κ3) is 5.16. The van der Waals surface area contributed by atoms with Crippen molar-refractivity contribution in [3.05, 3.63) is 83.6 Å². The molecule has 5 rings (SSSR count). The van der Waals surface area contributed by atoms with Gasteiger partial charge in [0.2, 0.25) is 5.91 Å². The molecule has 10 heteroatoms. The zero-order chi connectivity index (χ0) is 26.6. The number of anilines is 1. The minimum absolute atomic E-state index is 0.0588. The molecule has 1 aliphatic rings. The number of piperidine rings is 1. The van der Waals surface area contributed by atoms with Crippen LogP contribution in [0.2, 0.25) is 0 Å². The molecule has 0 spiro atoms. The molecule has 1 aliphatic heterocycles. The van der Waals surface area contributed by atoms with Crippen LogP contribution in [0.4, 0.5) is 5.82 Å². The van der Waals surface area contributed by atoms with Crippen molar-refractivity contribution in [3.8, 4) is 17.2 Å². The highest BCUT2D eigenvalue weighted by Gasteiger charge is 2.29. The molecule has 1 amide bonds. The van der Waals surface area contributed by atoms with E-state index in [1.165, 1.54) is 10.9 Å². The van der Waals surface area contributed by atoms with E-state index in [0.717, 1.165) is 18.6 Å². The van der Waals surface area contributed by atoms with Crippen LogP contribution in [0.15, 0.2) is 77.9 Å². The number of ether oxygens (including phenoxy) is 1. The summed E-state index contributed by atoms with van der Waals surface area (Å²) >= 11 is 0. The minimum Gasteiger partial charge on any atom is -0.457 e. The first kappa shape index (κ1) is 25.2. The standard InChI is InChI=1S/C28H31N7O3/c1-32(2)16-7-11-24(36)33-17-6-8-21(18-33)35-27-25(26(29)30-19-31-27)34(28(35)37)20-12-14-23(15-13-20)38-22-9-4-3-5-10-22/h3-5,7,9-15,19,21H,6,8,16-18H2,1-2H3,(H2,29,30,31)/b11-7+. The quantitative estimate of drug-likeness (QED) is 0.378. The molecule has 0 radical (unpaired) electrons. The number of nitrogen functional groups attached to an aromatic ring is 1. The zero-order valence-corrected chi connectivity index (χ0v) is 21.5. The van der Waals surface area contributed by atoms with Crippen LogP contribution in [-0.2, 0) is 4.79 Å². The molecule has 0 aliphatic carbocycles. The van der Waals surface area contributed by atoms with Crippen molar-refractivity contribution in [2.24, 2.45) is 0 Å². The number of nitrogens with two attached hydrogens (primary N) is 1. The van der Waals surface area contributed by atoms with Crippen LogP contribution in [0, 0.1) is 0 Å². The second-order valence-electron chi connectivity index (χ2n) is 9.57. The van der Waals surface area contributed by atoms with Crippen LogP contribution in [0.1, 0.15) is 18.9 Å². The van der Waals surface area contributed by atoms with Crippen molar-refractivity contribution in [1.82, 2.24) is 28.9 Å². The highest BCUT2D eigenvalue weighted by Crippen LogP contribution is 2.28. The number of hydrogen-bond donors (Lipinski definition) is 1. The van der Waals surface area contributed by atoms with Gasteiger partial charge in [-0.2, -0.15) is 0 Å². The Hall–Kier alpha value is -4.44. The Morgan fingerprint density at radius 2 is 1.84 bits per heavy atom. The van der Waals surface area contributed by atoms with Crippen LogP contribution < -0.4 is 16.2 Å². The number of benzene rings is 2. The van der Waals surface area contributed by atoms with Gasteiger partial charge >= 0.3 is 5.69 Å². The summed E-state index contributed by atoms with van der Waals surface area (Å²) in [6.07, 6.45) is 6.35. The lowest BCUT2D eigenvalue weighted by molar-refractivity contribution is -0.127. The van der Waals surface area contributed by atoms with Gasteiger partial charge in [-0.05, 0) is 63.3 Å². The Kier molecular flexibility index (Phi) is 7.23. The lowest BCUT2D eigenvalue weighted by Crippen LogP contribution is -2.42. The number of hydrogen-bond acceptors (Lipinski definition) is 7. The molecule has 1 fully saturated rings. The summed E-state index contributed by atoms with van der Waals surface area (Å²) in [7, 11) is 3.90. The maximum absolute atomic E-state index is 13.9. The monoisotopic (exact) mass is 513 g/mol. The molecular weight excluding hydrogens is 482 g/mol. The average Bonchev–Trinajstić information content (AvgIpc) is 3.22. The fraction of sp³-hybridized carbons (Fsp3) is 0.286. The molecule has 2 N–H and O–H groups in total. The third-order valence-corrected chi connectivity index (χ3v) is 6.56. The number of para-hydroxylation sites is 1. The van der Waals surface area contributed by atoms with Gasteiger partial charge in [0.05, 0.1) is 11.7 Å². The lowest BCUT2D eigenvalue weighted by Gasteiger charge is -2.32. The number of imidazole rings is 1. The second-order valence-corrected chi connectivity index (χ2v) is 9.57. The molecule has 3 heterocycles. The van der Waals surface area contributed by atoms with Gasteiger partial charge in [0.15, 0.2) is 11.5 Å². The number of nitrogens with zero attached hydrogens (tertiary/aromatic N) is 6. The SMILES string of the molecule is CN(C)C/C=C/C(=O)N1CCCC(n2c(=O)n(-c3ccc(Oc4ccccc4)cc3)c3c(N)ncnc32)C1. The Bertz CT molecular complexity index is 1510. The van der Waals surface area contributed by atoms with Crippen molar-refractivity contribution in [1.29, 1.82) is 0 Å². The van der Waals surface area contributed by atoms with E-state index in [1.807, 2.05) is 67.5 Å². The van der Waals surface area contributed by atoms with Gasteiger partial charge in [0.25, 0.3) is 0 Å². The van der Waals surface area contributed by atoms with Crippen molar-refractivity contribution >= 4 is 22.9 Å². The van der Waals surface area contributed by atoms with Crippen molar-refractivity contribution in [2.45, 2.75) is 18.9 Å². The van der Waals surface area contributed by atoms with Gasteiger partial charge in [-0.1, -0.05) is 24.3 Å². The molecular formula is C28H31N7O3. The summed E-state index contributed by atoms with van der Waals surface area (Å²) in [5.74, 6) is 1.52. The molecule has 38 heavy (non-hydrogen) atoms. The van der Waals surface area contributed by atoms with E-state index < -0.39 is 0 Å². The topological polar surface area (TPSA) is 112 Å². The van der Waals surface area contributed by atoms with Crippen LogP contribution in [0.3, 0.4) is 0 Å². The lowest BCUT2D eigenvalue weighted by atomic mass is 10.1. The molecule has 0 saturated carbocycles. The number of carbonyl (C=O) groups excluding carboxylic acids is 1. The number of amides is 1. The van der Waals surface area contributed by atoms with Crippen molar-refractivity contribution < 1.29 is 9.53 Å². The van der Waals surface area contributed by atoms with E-state index in [2.05, 4.69) is 9.97 Å². The molecule has 1 unspecified atom stereocenters. The molecule has 4 aromatic rings. The van der Waals surface area contributed by atoms with Gasteiger partial charge < -0.3 is 20.3 Å². The Morgan fingerprint density at radius 1 is 1.11 bits per heavy atom. The van der Waals surface area contributed by atoms with Gasteiger partial charge in [-0.15, -0.1) is 0 Å². The maximum Gasteiger partial charge on any atom is 0.335 e. The van der Waals surface area contributed by atoms with E-state index in [1.54, 1.807) is 27.7 Å². The Labute approximate surface area is 220 Å². The van der Waals surface area contributed by atoms with E-state index in [9.17, 15) is 9.59 Å². The third-order valence-electron chi connectivity index (χ3n) is 6.56. The number of rotatable bonds is 7. The summed E-state index contributed by atoms with van der Waals surface area (Å²) in [5.41, 5.74) is 7.52. The number of likely N-dealkylation sites (tertiary alicyclic amines) is 1. The molecule has 1 saturated heterocycles. The van der Waals surface area contributed by atoms with Crippen LogP contribution >= 0.6 is 0 Å². The molecule has 196 valence electrons. The zero-order valence-electron chi connectivity index (χ0n) is 21.5. The van der Waals surface area contributed by atoms with E-state index in [-0.39, 0.29) is 23.5 Å². The fourth-order valence-electron chi connectivity index (χ4n) is 4.76. The number of fused-ring (bicyclic) bond motifs is 1. The first-order valence-electron chi connectivity index (χ1n) is 12.6. The molecule has 0 bridgehead atoms. The minimum atomic E-state index is -0.272. The number of aromatic nitrogens is 4. The highest BCUT2D eigenvalue weighted by molar-refractivity contribution is 5.88. The van der Waals surface area contributed by atoms with Gasteiger partial charge in [-0.25, -0.2) is 14.8 Å². The van der Waals surface area contributed by atoms with Crippen LogP contribution in [0.25, 0.3) is 16.9 Å². The van der Waals surface area contributed by atoms with Gasteiger partial charge in [0, 0.05) is 25.7 Å². The summed E-state index contributed by atoms with van der Waals surface area (Å²) in [5, 5.41) is 0. The average molecular weight is 514 g/mol. The number of carbonyl (C=O) groups is 1. The summed E-state index contributed by atoms with van der Waals surface area (Å²) in [4.78, 5) is 39.1. The fourth-order valence-corrected chi connectivity index (χ4v) is 4.76. The second kappa shape index (κ2) is 10.9. The normalized spacial score (nSPS) is 16.0. The highest BCUT2D eigenvalue weighted by atomic mass is 16.5. The first-order valence-corrected chi connectivity index (χ1v) is 12.6. The Morgan fingerprint density at radius 3 is 2.58 bits per heavy atom. The van der Waals surface area contributed by atoms with Gasteiger partial charge in [0.1, 0.15) is 23.3 Å².